The second-order valence-electron chi connectivity index (χ2n) is 7.58. The molecule has 0 aromatic carbocycles. The lowest BCUT2D eigenvalue weighted by atomic mass is 9.95. The Morgan fingerprint density at radius 2 is 2.08 bits per heavy atom. The van der Waals surface area contributed by atoms with Crippen molar-refractivity contribution in [3.05, 3.63) is 28.9 Å². The van der Waals surface area contributed by atoms with E-state index in [1.165, 1.54) is 17.8 Å². The van der Waals surface area contributed by atoms with Crippen LogP contribution in [0.4, 0.5) is 0 Å². The highest BCUT2D eigenvalue weighted by molar-refractivity contribution is 7.20. The molecule has 0 aliphatic carbocycles. The van der Waals surface area contributed by atoms with Crippen LogP contribution in [-0.4, -0.2) is 52.9 Å². The van der Waals surface area contributed by atoms with Crippen molar-refractivity contribution >= 4 is 33.2 Å². The smallest absolute Gasteiger partial charge is 0.270 e. The number of nitrogens with one attached hydrogen (secondary N) is 2. The zero-order chi connectivity index (χ0) is 17.7. The number of fused-ring (bicyclic) bond motifs is 3. The molecule has 0 spiro atoms. The third-order valence-corrected chi connectivity index (χ3v) is 6.94. The summed E-state index contributed by atoms with van der Waals surface area (Å²) < 4.78 is 0.943. The first-order chi connectivity index (χ1) is 12.7. The normalized spacial score (nSPS) is 27.4. The van der Waals surface area contributed by atoms with Crippen LogP contribution in [0.2, 0.25) is 0 Å². The minimum Gasteiger partial charge on any atom is -0.346 e. The fourth-order valence-electron chi connectivity index (χ4n) is 4.47. The molecule has 0 unspecified atom stereocenters. The van der Waals surface area contributed by atoms with Crippen LogP contribution >= 0.6 is 11.3 Å². The maximum atomic E-state index is 12.6. The van der Waals surface area contributed by atoms with Crippen molar-refractivity contribution in [2.24, 2.45) is 0 Å². The fourth-order valence-corrected chi connectivity index (χ4v) is 5.50. The van der Waals surface area contributed by atoms with Crippen molar-refractivity contribution in [3.8, 4) is 0 Å². The van der Waals surface area contributed by atoms with E-state index >= 15 is 0 Å². The summed E-state index contributed by atoms with van der Waals surface area (Å²) in [4.78, 5) is 32.1. The molecule has 3 aliphatic heterocycles. The molecule has 3 aliphatic rings. The largest absolute Gasteiger partial charge is 0.346 e. The van der Waals surface area contributed by atoms with Crippen molar-refractivity contribution in [2.45, 2.75) is 50.2 Å². The van der Waals surface area contributed by atoms with E-state index in [9.17, 15) is 9.59 Å². The number of hydrogen-bond acceptors (Lipinski definition) is 5. The molecule has 5 rings (SSSR count). The van der Waals surface area contributed by atoms with Gasteiger partial charge in [0.25, 0.3) is 11.8 Å². The fraction of sp³-hybridized carbons (Fsp3) is 0.526. The van der Waals surface area contributed by atoms with Gasteiger partial charge in [0.2, 0.25) is 0 Å². The maximum absolute atomic E-state index is 12.6. The first-order valence-electron chi connectivity index (χ1n) is 9.43. The number of aromatic nitrogens is 1. The summed E-state index contributed by atoms with van der Waals surface area (Å²) in [5.74, 6) is -0.0187. The number of carbonyl (C=O) groups is 2. The quantitative estimate of drug-likeness (QED) is 0.868. The highest BCUT2D eigenvalue weighted by atomic mass is 32.1. The molecular formula is C19H22N4O2S. The minimum atomic E-state index is -0.118. The highest BCUT2D eigenvalue weighted by Crippen LogP contribution is 2.30. The number of hydrogen-bond donors (Lipinski definition) is 2. The van der Waals surface area contributed by atoms with E-state index in [1.807, 2.05) is 17.0 Å². The molecule has 26 heavy (non-hydrogen) atoms. The summed E-state index contributed by atoms with van der Waals surface area (Å²) >= 11 is 1.46. The number of amides is 2. The third-order valence-electron chi connectivity index (χ3n) is 5.85. The summed E-state index contributed by atoms with van der Waals surface area (Å²) in [5.41, 5.74) is 0.433. The summed E-state index contributed by atoms with van der Waals surface area (Å²) in [6.07, 6.45) is 7.23. The summed E-state index contributed by atoms with van der Waals surface area (Å²) in [7, 11) is 0. The number of carbonyl (C=O) groups excluding carboxylic acids is 2. The van der Waals surface area contributed by atoms with E-state index in [0.717, 1.165) is 53.7 Å². The van der Waals surface area contributed by atoms with E-state index in [2.05, 4.69) is 15.6 Å². The second-order valence-corrected chi connectivity index (χ2v) is 8.66. The number of rotatable bonds is 3. The van der Waals surface area contributed by atoms with Crippen LogP contribution in [0.1, 0.15) is 52.3 Å². The van der Waals surface area contributed by atoms with Gasteiger partial charge in [0, 0.05) is 47.5 Å². The van der Waals surface area contributed by atoms with Crippen LogP contribution in [-0.2, 0) is 0 Å². The molecule has 2 bridgehead atoms. The lowest BCUT2D eigenvalue weighted by Crippen LogP contribution is -2.43. The summed E-state index contributed by atoms with van der Waals surface area (Å²) in [6.45, 7) is 1.69. The van der Waals surface area contributed by atoms with E-state index in [0.29, 0.717) is 17.8 Å². The molecule has 2 aromatic heterocycles. The predicted octanol–water partition coefficient (Wildman–Crippen LogP) is 2.15. The Kier molecular flexibility index (Phi) is 3.94. The van der Waals surface area contributed by atoms with Crippen LogP contribution in [0.15, 0.2) is 18.3 Å². The Bertz CT molecular complexity index is 874. The van der Waals surface area contributed by atoms with E-state index in [-0.39, 0.29) is 17.9 Å². The lowest BCUT2D eigenvalue weighted by molar-refractivity contribution is 0.0797. The zero-order valence-electron chi connectivity index (χ0n) is 14.5. The molecule has 6 nitrogen and oxygen atoms in total. The zero-order valence-corrected chi connectivity index (χ0v) is 15.3. The van der Waals surface area contributed by atoms with Crippen LogP contribution in [0.5, 0.6) is 0 Å². The number of thiophene rings is 1. The van der Waals surface area contributed by atoms with Gasteiger partial charge in [-0.15, -0.1) is 11.3 Å². The molecule has 2 N–H and O–H groups in total. The Morgan fingerprint density at radius 1 is 1.23 bits per heavy atom. The second kappa shape index (κ2) is 6.32. The summed E-state index contributed by atoms with van der Waals surface area (Å²) in [5, 5.41) is 7.59. The standard InChI is InChI=1S/C19H22N4O2S/c24-18(22-14-8-12-3-4-13(14)21-12)15-9-16-11(10-20-15)7-17(26-16)19(25)23-5-1-2-6-23/h7,9-10,12-14,21H,1-6,8H2,(H,22,24)/t12-,13+,14-/m1/s1. The topological polar surface area (TPSA) is 74.3 Å². The van der Waals surface area contributed by atoms with Crippen LogP contribution in [0.3, 0.4) is 0 Å². The molecule has 2 amide bonds. The molecule has 5 heterocycles. The van der Waals surface area contributed by atoms with Gasteiger partial charge in [0.05, 0.1) is 4.88 Å². The Balaban J connectivity index is 1.34. The van der Waals surface area contributed by atoms with Gasteiger partial charge in [-0.1, -0.05) is 0 Å². The average Bonchev–Trinajstić information content (AvgIpc) is 3.43. The molecule has 7 heteroatoms. The van der Waals surface area contributed by atoms with Crippen molar-refractivity contribution in [1.82, 2.24) is 20.5 Å². The Hall–Kier alpha value is -1.99. The molecule has 0 radical (unpaired) electrons. The van der Waals surface area contributed by atoms with Gasteiger partial charge in [-0.05, 0) is 44.2 Å². The van der Waals surface area contributed by atoms with Crippen LogP contribution in [0, 0.1) is 0 Å². The van der Waals surface area contributed by atoms with Gasteiger partial charge < -0.3 is 15.5 Å². The minimum absolute atomic E-state index is 0.0998. The highest BCUT2D eigenvalue weighted by Gasteiger charge is 2.39. The van der Waals surface area contributed by atoms with Gasteiger partial charge in [-0.2, -0.15) is 0 Å². The molecular weight excluding hydrogens is 348 g/mol. The monoisotopic (exact) mass is 370 g/mol. The van der Waals surface area contributed by atoms with Gasteiger partial charge >= 0.3 is 0 Å². The molecule has 136 valence electrons. The Morgan fingerprint density at radius 3 is 2.81 bits per heavy atom. The van der Waals surface area contributed by atoms with Crippen LogP contribution < -0.4 is 10.6 Å². The van der Waals surface area contributed by atoms with E-state index < -0.39 is 0 Å². The van der Waals surface area contributed by atoms with Gasteiger partial charge in [0.15, 0.2) is 0 Å². The van der Waals surface area contributed by atoms with Crippen molar-refractivity contribution in [2.75, 3.05) is 13.1 Å². The lowest BCUT2D eigenvalue weighted by Gasteiger charge is -2.21. The number of nitrogens with zero attached hydrogens (tertiary/aromatic N) is 2. The van der Waals surface area contributed by atoms with Crippen molar-refractivity contribution in [3.63, 3.8) is 0 Å². The first-order valence-corrected chi connectivity index (χ1v) is 10.2. The van der Waals surface area contributed by atoms with Crippen molar-refractivity contribution < 1.29 is 9.59 Å². The number of likely N-dealkylation sites (tertiary alicyclic amines) is 1. The maximum Gasteiger partial charge on any atom is 0.270 e. The first kappa shape index (κ1) is 16.2. The van der Waals surface area contributed by atoms with E-state index in [1.54, 1.807) is 6.20 Å². The predicted molar refractivity (Wildman–Crippen MR) is 101 cm³/mol. The third kappa shape index (κ3) is 2.79. The molecule has 3 fully saturated rings. The van der Waals surface area contributed by atoms with Crippen molar-refractivity contribution in [1.29, 1.82) is 0 Å². The van der Waals surface area contributed by atoms with Gasteiger partial charge in [0.1, 0.15) is 5.69 Å². The average molecular weight is 370 g/mol. The van der Waals surface area contributed by atoms with Gasteiger partial charge in [-0.25, -0.2) is 0 Å². The molecule has 0 saturated carbocycles. The number of pyridine rings is 1. The molecule has 3 saturated heterocycles. The molecule has 3 atom stereocenters. The Labute approximate surface area is 156 Å². The van der Waals surface area contributed by atoms with Crippen LogP contribution in [0.25, 0.3) is 10.1 Å². The van der Waals surface area contributed by atoms with Gasteiger partial charge in [-0.3, -0.25) is 14.6 Å². The summed E-state index contributed by atoms with van der Waals surface area (Å²) in [6, 6.07) is 4.87. The SMILES string of the molecule is O=C(N[C@@H]1C[C@H]2CC[C@@H]1N2)c1cc2sc(C(=O)N3CCCC3)cc2cn1. The van der Waals surface area contributed by atoms with E-state index in [4.69, 9.17) is 0 Å². The molecule has 2 aromatic rings.